The van der Waals surface area contributed by atoms with Gasteiger partial charge < -0.3 is 4.74 Å². The predicted molar refractivity (Wildman–Crippen MR) is 77.3 cm³/mol. The fraction of sp³-hybridized carbons (Fsp3) is 0.733. The highest BCUT2D eigenvalue weighted by Crippen LogP contribution is 2.37. The van der Waals surface area contributed by atoms with Gasteiger partial charge in [-0.15, -0.1) is 0 Å². The number of rotatable bonds is 4. The molecule has 0 radical (unpaired) electrons. The first-order valence-corrected chi connectivity index (χ1v) is 7.50. The maximum atomic E-state index is 6.08. The number of ether oxygens (including phenoxy) is 1. The molecule has 1 aromatic rings. The molecule has 4 heteroatoms. The molecule has 0 aliphatic heterocycles. The standard InChI is InChI=1S/C15H23ClN2O/c1-10(2)11-4-6-12(7-5-11)15-17-13(9-19-3)8-14(16)18-15/h8,10-12H,4-7,9H2,1-3H3. The monoisotopic (exact) mass is 282 g/mol. The zero-order valence-corrected chi connectivity index (χ0v) is 12.8. The summed E-state index contributed by atoms with van der Waals surface area (Å²) in [6.07, 6.45) is 4.90. The van der Waals surface area contributed by atoms with Crippen molar-refractivity contribution in [2.75, 3.05) is 7.11 Å². The summed E-state index contributed by atoms with van der Waals surface area (Å²) >= 11 is 6.08. The van der Waals surface area contributed by atoms with Gasteiger partial charge in [0.1, 0.15) is 11.0 Å². The summed E-state index contributed by atoms with van der Waals surface area (Å²) in [5.41, 5.74) is 0.878. The molecule has 0 bridgehead atoms. The lowest BCUT2D eigenvalue weighted by Crippen LogP contribution is -2.19. The molecule has 0 unspecified atom stereocenters. The molecule has 1 aliphatic rings. The van der Waals surface area contributed by atoms with E-state index in [-0.39, 0.29) is 0 Å². The van der Waals surface area contributed by atoms with Gasteiger partial charge in [0.2, 0.25) is 0 Å². The van der Waals surface area contributed by atoms with Crippen molar-refractivity contribution < 1.29 is 4.74 Å². The molecule has 1 fully saturated rings. The van der Waals surface area contributed by atoms with Gasteiger partial charge in [-0.2, -0.15) is 0 Å². The van der Waals surface area contributed by atoms with Gasteiger partial charge in [-0.05, 0) is 43.6 Å². The minimum Gasteiger partial charge on any atom is -0.378 e. The van der Waals surface area contributed by atoms with Crippen LogP contribution >= 0.6 is 11.6 Å². The molecule has 0 aromatic carbocycles. The van der Waals surface area contributed by atoms with Crippen LogP contribution in [0.4, 0.5) is 0 Å². The number of aromatic nitrogens is 2. The second-order valence-corrected chi connectivity index (χ2v) is 6.22. The van der Waals surface area contributed by atoms with Crippen molar-refractivity contribution >= 4 is 11.6 Å². The summed E-state index contributed by atoms with van der Waals surface area (Å²) in [5, 5.41) is 0.531. The lowest BCUT2D eigenvalue weighted by molar-refractivity contribution is 0.180. The Morgan fingerprint density at radius 1 is 1.26 bits per heavy atom. The Hall–Kier alpha value is -0.670. The Labute approximate surface area is 120 Å². The van der Waals surface area contributed by atoms with E-state index in [1.165, 1.54) is 25.7 Å². The molecule has 106 valence electrons. The Kier molecular flexibility index (Phi) is 5.17. The lowest BCUT2D eigenvalue weighted by atomic mass is 9.77. The third kappa shape index (κ3) is 3.90. The van der Waals surface area contributed by atoms with Crippen LogP contribution in [0.3, 0.4) is 0 Å². The quantitative estimate of drug-likeness (QED) is 0.776. The summed E-state index contributed by atoms with van der Waals surface area (Å²) < 4.78 is 5.12. The maximum absolute atomic E-state index is 6.08. The van der Waals surface area contributed by atoms with Gasteiger partial charge in [-0.3, -0.25) is 0 Å². The number of halogens is 1. The second kappa shape index (κ2) is 6.67. The second-order valence-electron chi connectivity index (χ2n) is 5.83. The lowest BCUT2D eigenvalue weighted by Gasteiger charge is -2.30. The number of nitrogens with zero attached hydrogens (tertiary/aromatic N) is 2. The van der Waals surface area contributed by atoms with E-state index in [4.69, 9.17) is 16.3 Å². The summed E-state index contributed by atoms with van der Waals surface area (Å²) in [5.74, 6) is 3.00. The normalized spacial score (nSPS) is 23.8. The van der Waals surface area contributed by atoms with Gasteiger partial charge in [0, 0.05) is 13.0 Å². The zero-order chi connectivity index (χ0) is 13.8. The molecule has 0 amide bonds. The van der Waals surface area contributed by atoms with Gasteiger partial charge in [0.05, 0.1) is 12.3 Å². The molecular formula is C15H23ClN2O. The molecule has 1 aliphatic carbocycles. The fourth-order valence-corrected chi connectivity index (χ4v) is 3.14. The van der Waals surface area contributed by atoms with E-state index in [0.717, 1.165) is 23.4 Å². The maximum Gasteiger partial charge on any atom is 0.133 e. The van der Waals surface area contributed by atoms with Crippen LogP contribution < -0.4 is 0 Å². The molecule has 1 saturated carbocycles. The first-order chi connectivity index (χ1) is 9.10. The average molecular weight is 283 g/mol. The van der Waals surface area contributed by atoms with E-state index in [0.29, 0.717) is 17.7 Å². The zero-order valence-electron chi connectivity index (χ0n) is 12.0. The molecule has 1 heterocycles. The Balaban J connectivity index is 2.06. The van der Waals surface area contributed by atoms with Crippen LogP contribution in [0.15, 0.2) is 6.07 Å². The molecule has 0 saturated heterocycles. The molecule has 19 heavy (non-hydrogen) atoms. The Morgan fingerprint density at radius 3 is 2.53 bits per heavy atom. The Morgan fingerprint density at radius 2 is 1.95 bits per heavy atom. The highest BCUT2D eigenvalue weighted by atomic mass is 35.5. The molecular weight excluding hydrogens is 260 g/mol. The van der Waals surface area contributed by atoms with Crippen LogP contribution in [0.25, 0.3) is 0 Å². The van der Waals surface area contributed by atoms with E-state index in [1.54, 1.807) is 13.2 Å². The summed E-state index contributed by atoms with van der Waals surface area (Å²) in [6, 6.07) is 1.79. The van der Waals surface area contributed by atoms with Crippen molar-refractivity contribution in [3.63, 3.8) is 0 Å². The highest BCUT2D eigenvalue weighted by Gasteiger charge is 2.26. The van der Waals surface area contributed by atoms with Gasteiger partial charge in [0.25, 0.3) is 0 Å². The average Bonchev–Trinajstić information content (AvgIpc) is 2.38. The molecule has 0 atom stereocenters. The third-order valence-corrected chi connectivity index (χ3v) is 4.33. The van der Waals surface area contributed by atoms with Crippen LogP contribution in [0.5, 0.6) is 0 Å². The summed E-state index contributed by atoms with van der Waals surface area (Å²) in [4.78, 5) is 9.00. The van der Waals surface area contributed by atoms with Gasteiger partial charge in [-0.1, -0.05) is 25.4 Å². The minimum atomic E-state index is 0.462. The third-order valence-electron chi connectivity index (χ3n) is 4.14. The van der Waals surface area contributed by atoms with Crippen molar-refractivity contribution in [1.82, 2.24) is 9.97 Å². The fourth-order valence-electron chi connectivity index (χ4n) is 2.93. The number of methoxy groups -OCH3 is 1. The van der Waals surface area contributed by atoms with E-state index in [1.807, 2.05) is 0 Å². The van der Waals surface area contributed by atoms with Crippen molar-refractivity contribution in [2.45, 2.75) is 52.1 Å². The van der Waals surface area contributed by atoms with Crippen LogP contribution in [0.2, 0.25) is 5.15 Å². The minimum absolute atomic E-state index is 0.462. The first kappa shape index (κ1) is 14.7. The van der Waals surface area contributed by atoms with E-state index < -0.39 is 0 Å². The van der Waals surface area contributed by atoms with Gasteiger partial charge in [-0.25, -0.2) is 9.97 Å². The summed E-state index contributed by atoms with van der Waals surface area (Å²) in [6.45, 7) is 5.13. The van der Waals surface area contributed by atoms with Crippen LogP contribution in [-0.4, -0.2) is 17.1 Å². The largest absolute Gasteiger partial charge is 0.378 e. The smallest absolute Gasteiger partial charge is 0.133 e. The summed E-state index contributed by atoms with van der Waals surface area (Å²) in [7, 11) is 1.67. The first-order valence-electron chi connectivity index (χ1n) is 7.12. The number of hydrogen-bond donors (Lipinski definition) is 0. The van der Waals surface area contributed by atoms with Gasteiger partial charge in [0.15, 0.2) is 0 Å². The van der Waals surface area contributed by atoms with E-state index in [2.05, 4.69) is 23.8 Å². The predicted octanol–water partition coefficient (Wildman–Crippen LogP) is 4.21. The van der Waals surface area contributed by atoms with Crippen LogP contribution in [-0.2, 0) is 11.3 Å². The van der Waals surface area contributed by atoms with Crippen LogP contribution in [0, 0.1) is 11.8 Å². The molecule has 3 nitrogen and oxygen atoms in total. The number of hydrogen-bond acceptors (Lipinski definition) is 3. The van der Waals surface area contributed by atoms with Crippen molar-refractivity contribution in [2.24, 2.45) is 11.8 Å². The molecule has 2 rings (SSSR count). The van der Waals surface area contributed by atoms with Crippen LogP contribution in [0.1, 0.15) is 57.0 Å². The molecule has 1 aromatic heterocycles. The SMILES string of the molecule is COCc1cc(Cl)nc(C2CCC(C(C)C)CC2)n1. The van der Waals surface area contributed by atoms with Crippen molar-refractivity contribution in [3.8, 4) is 0 Å². The topological polar surface area (TPSA) is 35.0 Å². The Bertz CT molecular complexity index is 415. The highest BCUT2D eigenvalue weighted by molar-refractivity contribution is 6.29. The molecule has 0 N–H and O–H groups in total. The van der Waals surface area contributed by atoms with E-state index >= 15 is 0 Å². The van der Waals surface area contributed by atoms with Gasteiger partial charge >= 0.3 is 0 Å². The van der Waals surface area contributed by atoms with E-state index in [9.17, 15) is 0 Å². The molecule has 0 spiro atoms. The van der Waals surface area contributed by atoms with Crippen molar-refractivity contribution in [1.29, 1.82) is 0 Å². The van der Waals surface area contributed by atoms with Crippen molar-refractivity contribution in [3.05, 3.63) is 22.7 Å².